The molecule has 2 nitrogen and oxygen atoms in total. The van der Waals surface area contributed by atoms with Gasteiger partial charge in [-0.05, 0) is 27.7 Å². The molecule has 1 saturated heterocycles. The second-order valence-electron chi connectivity index (χ2n) is 7.16. The first-order chi connectivity index (χ1) is 9.88. The maximum atomic E-state index is 6.32. The second kappa shape index (κ2) is 4.97. The van der Waals surface area contributed by atoms with E-state index in [9.17, 15) is 0 Å². The van der Waals surface area contributed by atoms with Gasteiger partial charge in [-0.2, -0.15) is 0 Å². The highest BCUT2D eigenvalue weighted by Gasteiger charge is 2.33. The van der Waals surface area contributed by atoms with Crippen molar-refractivity contribution < 1.29 is 0 Å². The summed E-state index contributed by atoms with van der Waals surface area (Å²) in [5.41, 5.74) is 11.4. The van der Waals surface area contributed by atoms with Crippen molar-refractivity contribution in [1.29, 1.82) is 0 Å². The summed E-state index contributed by atoms with van der Waals surface area (Å²) in [4.78, 5) is 0. The number of nitrogens with one attached hydrogen (secondary N) is 1. The van der Waals surface area contributed by atoms with E-state index in [2.05, 4.69) is 74.6 Å². The first kappa shape index (κ1) is 14.3. The van der Waals surface area contributed by atoms with Gasteiger partial charge in [-0.1, -0.05) is 69.3 Å². The van der Waals surface area contributed by atoms with Crippen molar-refractivity contribution in [2.45, 2.75) is 31.7 Å². The zero-order valence-corrected chi connectivity index (χ0v) is 13.1. The number of hydrogen-bond acceptors (Lipinski definition) is 2. The Kier molecular flexibility index (Phi) is 3.39. The Morgan fingerprint density at radius 2 is 1.33 bits per heavy atom. The average molecular weight is 280 g/mol. The molecule has 110 valence electrons. The van der Waals surface area contributed by atoms with Gasteiger partial charge in [0.05, 0.1) is 5.54 Å². The first-order valence-corrected chi connectivity index (χ1v) is 7.60. The molecular formula is C19H24N2. The Bertz CT molecular complexity index is 614. The Balaban J connectivity index is 1.84. The number of benzene rings is 2. The van der Waals surface area contributed by atoms with E-state index in [-0.39, 0.29) is 11.0 Å². The zero-order chi connectivity index (χ0) is 15.1. The lowest BCUT2D eigenvalue weighted by atomic mass is 9.84. The lowest BCUT2D eigenvalue weighted by molar-refractivity contribution is 0.287. The molecule has 1 aliphatic rings. The van der Waals surface area contributed by atoms with E-state index in [1.807, 2.05) is 0 Å². The molecule has 1 fully saturated rings. The van der Waals surface area contributed by atoms with E-state index in [0.29, 0.717) is 0 Å². The number of hydrogen-bond donors (Lipinski definition) is 2. The van der Waals surface area contributed by atoms with Gasteiger partial charge in [0.25, 0.3) is 0 Å². The van der Waals surface area contributed by atoms with Crippen LogP contribution in [0.5, 0.6) is 0 Å². The van der Waals surface area contributed by atoms with Gasteiger partial charge >= 0.3 is 0 Å². The van der Waals surface area contributed by atoms with Crippen molar-refractivity contribution >= 4 is 0 Å². The van der Waals surface area contributed by atoms with Crippen molar-refractivity contribution in [2.75, 3.05) is 13.1 Å². The highest BCUT2D eigenvalue weighted by Crippen LogP contribution is 2.28. The second-order valence-corrected chi connectivity index (χ2v) is 7.16. The van der Waals surface area contributed by atoms with Crippen LogP contribution in [0.3, 0.4) is 0 Å². The molecule has 3 N–H and O–H groups in total. The van der Waals surface area contributed by atoms with Crippen LogP contribution in [0, 0.1) is 0 Å². The van der Waals surface area contributed by atoms with Gasteiger partial charge in [-0.3, -0.25) is 0 Å². The van der Waals surface area contributed by atoms with Crippen LogP contribution in [0.1, 0.15) is 31.9 Å². The minimum atomic E-state index is -0.172. The van der Waals surface area contributed by atoms with Gasteiger partial charge in [-0.15, -0.1) is 0 Å². The molecule has 0 atom stereocenters. The molecule has 1 heterocycles. The summed E-state index contributed by atoms with van der Waals surface area (Å²) in [6.45, 7) is 8.46. The Morgan fingerprint density at radius 1 is 0.857 bits per heavy atom. The minimum Gasteiger partial charge on any atom is -0.319 e. The average Bonchev–Trinajstić information content (AvgIpc) is 2.44. The van der Waals surface area contributed by atoms with Crippen molar-refractivity contribution in [3.63, 3.8) is 0 Å². The van der Waals surface area contributed by atoms with Crippen LogP contribution in [0.4, 0.5) is 0 Å². The van der Waals surface area contributed by atoms with Crippen molar-refractivity contribution in [1.82, 2.24) is 5.32 Å². The lowest BCUT2D eigenvalue weighted by Gasteiger charge is -2.39. The van der Waals surface area contributed by atoms with Gasteiger partial charge in [0, 0.05) is 13.1 Å². The van der Waals surface area contributed by atoms with Gasteiger partial charge in [0.2, 0.25) is 0 Å². The van der Waals surface area contributed by atoms with Crippen molar-refractivity contribution in [2.24, 2.45) is 5.73 Å². The van der Waals surface area contributed by atoms with Gasteiger partial charge in [0.15, 0.2) is 0 Å². The summed E-state index contributed by atoms with van der Waals surface area (Å²) in [5, 5.41) is 3.24. The third-order valence-electron chi connectivity index (χ3n) is 4.42. The minimum absolute atomic E-state index is 0.172. The van der Waals surface area contributed by atoms with E-state index >= 15 is 0 Å². The Morgan fingerprint density at radius 3 is 1.71 bits per heavy atom. The molecule has 0 amide bonds. The summed E-state index contributed by atoms with van der Waals surface area (Å²) in [5.74, 6) is 0. The van der Waals surface area contributed by atoms with Crippen LogP contribution in [-0.2, 0) is 11.0 Å². The monoisotopic (exact) mass is 280 g/mol. The van der Waals surface area contributed by atoms with E-state index in [4.69, 9.17) is 5.73 Å². The van der Waals surface area contributed by atoms with E-state index < -0.39 is 0 Å². The topological polar surface area (TPSA) is 38.0 Å². The molecule has 0 saturated carbocycles. The zero-order valence-electron chi connectivity index (χ0n) is 13.1. The third kappa shape index (κ3) is 2.74. The van der Waals surface area contributed by atoms with Crippen molar-refractivity contribution in [3.05, 3.63) is 59.7 Å². The fraction of sp³-hybridized carbons (Fsp3) is 0.368. The van der Waals surface area contributed by atoms with Gasteiger partial charge in [-0.25, -0.2) is 0 Å². The molecule has 2 heteroatoms. The standard InChI is InChI=1S/C19H24N2/c1-18(2,3)16-8-4-14(5-9-16)15-6-10-17(11-7-15)19(20)12-21-13-19/h4-11,21H,12-13,20H2,1-3H3. The molecular weight excluding hydrogens is 256 g/mol. The summed E-state index contributed by atoms with van der Waals surface area (Å²) in [6.07, 6.45) is 0. The smallest absolute Gasteiger partial charge is 0.0662 e. The molecule has 2 aromatic rings. The molecule has 0 radical (unpaired) electrons. The number of rotatable bonds is 2. The number of nitrogens with two attached hydrogens (primary N) is 1. The lowest BCUT2D eigenvalue weighted by Crippen LogP contribution is -2.62. The molecule has 0 unspecified atom stereocenters. The maximum absolute atomic E-state index is 6.32. The largest absolute Gasteiger partial charge is 0.319 e. The Labute approximate surface area is 127 Å². The molecule has 0 spiro atoms. The first-order valence-electron chi connectivity index (χ1n) is 7.60. The molecule has 21 heavy (non-hydrogen) atoms. The van der Waals surface area contributed by atoms with Crippen LogP contribution in [-0.4, -0.2) is 13.1 Å². The van der Waals surface area contributed by atoms with Gasteiger partial charge in [0.1, 0.15) is 0 Å². The van der Waals surface area contributed by atoms with Crippen LogP contribution in [0.15, 0.2) is 48.5 Å². The summed E-state index contributed by atoms with van der Waals surface area (Å²) >= 11 is 0. The molecule has 1 aliphatic heterocycles. The quantitative estimate of drug-likeness (QED) is 0.884. The molecule has 0 aliphatic carbocycles. The summed E-state index contributed by atoms with van der Waals surface area (Å²) in [7, 11) is 0. The molecule has 2 aromatic carbocycles. The molecule has 3 rings (SSSR count). The normalized spacial score (nSPS) is 17.3. The van der Waals surface area contributed by atoms with Crippen LogP contribution < -0.4 is 11.1 Å². The van der Waals surface area contributed by atoms with Gasteiger partial charge < -0.3 is 11.1 Å². The SMILES string of the molecule is CC(C)(C)c1ccc(-c2ccc(C3(N)CNC3)cc2)cc1. The van der Waals surface area contributed by atoms with E-state index in [1.165, 1.54) is 22.3 Å². The van der Waals surface area contributed by atoms with Crippen LogP contribution in [0.2, 0.25) is 0 Å². The van der Waals surface area contributed by atoms with Crippen molar-refractivity contribution in [3.8, 4) is 11.1 Å². The molecule has 0 bridgehead atoms. The van der Waals surface area contributed by atoms with E-state index in [0.717, 1.165) is 13.1 Å². The Hall–Kier alpha value is -1.64. The summed E-state index contributed by atoms with van der Waals surface area (Å²) < 4.78 is 0. The fourth-order valence-electron chi connectivity index (χ4n) is 2.76. The van der Waals surface area contributed by atoms with Crippen LogP contribution >= 0.6 is 0 Å². The fourth-order valence-corrected chi connectivity index (χ4v) is 2.76. The third-order valence-corrected chi connectivity index (χ3v) is 4.42. The summed E-state index contributed by atoms with van der Waals surface area (Å²) in [6, 6.07) is 17.5. The predicted molar refractivity (Wildman–Crippen MR) is 89.3 cm³/mol. The van der Waals surface area contributed by atoms with E-state index in [1.54, 1.807) is 0 Å². The maximum Gasteiger partial charge on any atom is 0.0662 e. The van der Waals surface area contributed by atoms with Crippen LogP contribution in [0.25, 0.3) is 11.1 Å². The highest BCUT2D eigenvalue weighted by molar-refractivity contribution is 5.64. The molecule has 0 aromatic heterocycles. The highest BCUT2D eigenvalue weighted by atomic mass is 15.1. The predicted octanol–water partition coefficient (Wildman–Crippen LogP) is 3.41.